The van der Waals surface area contributed by atoms with Crippen LogP contribution in [0.2, 0.25) is 0 Å². The summed E-state index contributed by atoms with van der Waals surface area (Å²) in [6.07, 6.45) is 13.2. The summed E-state index contributed by atoms with van der Waals surface area (Å²) < 4.78 is 4.98. The van der Waals surface area contributed by atoms with E-state index in [9.17, 15) is 0 Å². The average Bonchev–Trinajstić information content (AvgIpc) is 2.49. The SMILES string of the molecule is C1=CCOCC1.CCCC.CCCC.CCCC.[Sn]. The van der Waals surface area contributed by atoms with E-state index in [1.807, 2.05) is 6.08 Å². The van der Waals surface area contributed by atoms with Crippen LogP contribution >= 0.6 is 0 Å². The summed E-state index contributed by atoms with van der Waals surface area (Å²) in [6, 6.07) is 0. The third-order valence-electron chi connectivity index (χ3n) is 2.31. The van der Waals surface area contributed by atoms with Crippen LogP contribution in [-0.2, 0) is 4.74 Å². The van der Waals surface area contributed by atoms with Crippen LogP contribution in [0.5, 0.6) is 0 Å². The molecule has 0 fully saturated rings. The summed E-state index contributed by atoms with van der Waals surface area (Å²) >= 11 is 0. The second kappa shape index (κ2) is 36.3. The van der Waals surface area contributed by atoms with Gasteiger partial charge in [-0.1, -0.05) is 92.2 Å². The van der Waals surface area contributed by atoms with Crippen LogP contribution in [0.25, 0.3) is 0 Å². The van der Waals surface area contributed by atoms with E-state index in [0.29, 0.717) is 0 Å². The van der Waals surface area contributed by atoms with Gasteiger partial charge in [0.1, 0.15) is 0 Å². The standard InChI is InChI=1S/C5H8O.3C4H10.Sn/c1-2-4-6-5-3-1;3*1-3-4-2;/h1-2H,3-5H2;3*3-4H2,1-2H3;. The Balaban J connectivity index is -0.0000000796. The van der Waals surface area contributed by atoms with Crippen LogP contribution in [0.4, 0.5) is 0 Å². The second-order valence-electron chi connectivity index (χ2n) is 4.33. The minimum absolute atomic E-state index is 0. The number of ether oxygens (including phenoxy) is 1. The van der Waals surface area contributed by atoms with Crippen molar-refractivity contribution < 1.29 is 4.74 Å². The third kappa shape index (κ3) is 55.8. The van der Waals surface area contributed by atoms with E-state index < -0.39 is 0 Å². The van der Waals surface area contributed by atoms with Gasteiger partial charge in [0.2, 0.25) is 0 Å². The Morgan fingerprint density at radius 3 is 1.11 bits per heavy atom. The fourth-order valence-corrected chi connectivity index (χ4v) is 0.489. The molecule has 0 aliphatic carbocycles. The Hall–Kier alpha value is 0.499. The molecular weight excluding hydrogens is 339 g/mol. The molecule has 0 atom stereocenters. The third-order valence-corrected chi connectivity index (χ3v) is 2.31. The van der Waals surface area contributed by atoms with Crippen molar-refractivity contribution in [2.45, 2.75) is 86.5 Å². The first-order chi connectivity index (χ1) is 8.74. The Morgan fingerprint density at radius 1 is 0.684 bits per heavy atom. The molecule has 0 aromatic carbocycles. The van der Waals surface area contributed by atoms with Crippen molar-refractivity contribution >= 4 is 23.9 Å². The number of rotatable bonds is 3. The van der Waals surface area contributed by atoms with Crippen LogP contribution in [0.3, 0.4) is 0 Å². The molecule has 1 rings (SSSR count). The van der Waals surface area contributed by atoms with Crippen LogP contribution in [0, 0.1) is 0 Å². The molecular formula is C17H38OSn. The maximum atomic E-state index is 4.98. The fraction of sp³-hybridized carbons (Fsp3) is 0.882. The number of hydrogen-bond donors (Lipinski definition) is 0. The Labute approximate surface area is 140 Å². The van der Waals surface area contributed by atoms with E-state index in [-0.39, 0.29) is 23.9 Å². The van der Waals surface area contributed by atoms with Gasteiger partial charge >= 0.3 is 0 Å². The van der Waals surface area contributed by atoms with Gasteiger partial charge in [0, 0.05) is 23.9 Å². The van der Waals surface area contributed by atoms with Crippen molar-refractivity contribution in [1.29, 1.82) is 0 Å². The van der Waals surface area contributed by atoms with Gasteiger partial charge in [-0.2, -0.15) is 0 Å². The molecule has 0 saturated heterocycles. The topological polar surface area (TPSA) is 9.23 Å². The number of hydrogen-bond acceptors (Lipinski definition) is 1. The molecule has 0 spiro atoms. The van der Waals surface area contributed by atoms with E-state index in [2.05, 4.69) is 47.6 Å². The zero-order valence-corrected chi connectivity index (χ0v) is 17.3. The largest absolute Gasteiger partial charge is 0.377 e. The Kier molecular flexibility index (Phi) is 53.0. The minimum atomic E-state index is 0. The van der Waals surface area contributed by atoms with Gasteiger partial charge in [-0.15, -0.1) is 0 Å². The zero-order chi connectivity index (χ0) is 14.5. The zero-order valence-electron chi connectivity index (χ0n) is 14.4. The van der Waals surface area contributed by atoms with Gasteiger partial charge in [0.25, 0.3) is 0 Å². The molecule has 2 heteroatoms. The van der Waals surface area contributed by atoms with E-state index >= 15 is 0 Å². The van der Waals surface area contributed by atoms with Gasteiger partial charge in [-0.05, 0) is 6.42 Å². The molecule has 0 aromatic rings. The smallest absolute Gasteiger partial charge is 0.0647 e. The molecule has 0 bridgehead atoms. The van der Waals surface area contributed by atoms with E-state index in [0.717, 1.165) is 19.6 Å². The van der Waals surface area contributed by atoms with Crippen molar-refractivity contribution in [3.8, 4) is 0 Å². The van der Waals surface area contributed by atoms with Gasteiger partial charge in [-0.25, -0.2) is 0 Å². The predicted octanol–water partition coefficient (Wildman–Crippen LogP) is 6.00. The second-order valence-corrected chi connectivity index (χ2v) is 4.33. The summed E-state index contributed by atoms with van der Waals surface area (Å²) in [7, 11) is 0. The van der Waals surface area contributed by atoms with Crippen molar-refractivity contribution in [3.05, 3.63) is 12.2 Å². The molecule has 0 aromatic heterocycles. The molecule has 19 heavy (non-hydrogen) atoms. The van der Waals surface area contributed by atoms with Crippen LogP contribution in [-0.4, -0.2) is 37.1 Å². The molecule has 1 aliphatic heterocycles. The van der Waals surface area contributed by atoms with Crippen molar-refractivity contribution in [2.24, 2.45) is 0 Å². The monoisotopic (exact) mass is 378 g/mol. The first-order valence-corrected chi connectivity index (χ1v) is 7.97. The van der Waals surface area contributed by atoms with E-state index in [1.54, 1.807) is 0 Å². The van der Waals surface area contributed by atoms with Crippen molar-refractivity contribution in [1.82, 2.24) is 0 Å². The van der Waals surface area contributed by atoms with Gasteiger partial charge in [0.15, 0.2) is 0 Å². The van der Waals surface area contributed by atoms with Crippen LogP contribution < -0.4 is 0 Å². The normalized spacial score (nSPS) is 11.5. The minimum Gasteiger partial charge on any atom is -0.377 e. The molecule has 0 unspecified atom stereocenters. The maximum absolute atomic E-state index is 4.98. The quantitative estimate of drug-likeness (QED) is 0.433. The van der Waals surface area contributed by atoms with Gasteiger partial charge < -0.3 is 4.74 Å². The van der Waals surface area contributed by atoms with Crippen LogP contribution in [0.1, 0.15) is 86.5 Å². The van der Waals surface area contributed by atoms with Crippen molar-refractivity contribution in [2.75, 3.05) is 13.2 Å². The maximum Gasteiger partial charge on any atom is 0.0647 e. The average molecular weight is 377 g/mol. The summed E-state index contributed by atoms with van der Waals surface area (Å²) in [4.78, 5) is 0. The summed E-state index contributed by atoms with van der Waals surface area (Å²) in [6.45, 7) is 14.8. The van der Waals surface area contributed by atoms with Gasteiger partial charge in [-0.3, -0.25) is 0 Å². The predicted molar refractivity (Wildman–Crippen MR) is 92.1 cm³/mol. The molecule has 4 radical (unpaired) electrons. The Morgan fingerprint density at radius 2 is 1.05 bits per heavy atom. The summed E-state index contributed by atoms with van der Waals surface area (Å²) in [5, 5.41) is 0. The van der Waals surface area contributed by atoms with E-state index in [1.165, 1.54) is 38.5 Å². The molecule has 0 N–H and O–H groups in total. The first kappa shape index (κ1) is 27.8. The Bertz CT molecular complexity index is 101. The summed E-state index contributed by atoms with van der Waals surface area (Å²) in [5.41, 5.74) is 0. The molecule has 0 amide bonds. The molecule has 1 heterocycles. The first-order valence-electron chi connectivity index (χ1n) is 7.97. The van der Waals surface area contributed by atoms with Crippen LogP contribution in [0.15, 0.2) is 12.2 Å². The summed E-state index contributed by atoms with van der Waals surface area (Å²) in [5.74, 6) is 0. The molecule has 0 saturated carbocycles. The molecule has 1 nitrogen and oxygen atoms in total. The van der Waals surface area contributed by atoms with E-state index in [4.69, 9.17) is 4.74 Å². The number of unbranched alkanes of at least 4 members (excludes halogenated alkanes) is 3. The molecule has 116 valence electrons. The fourth-order valence-electron chi connectivity index (χ4n) is 0.489. The molecule has 1 aliphatic rings. The van der Waals surface area contributed by atoms with Gasteiger partial charge in [0.05, 0.1) is 13.2 Å². The van der Waals surface area contributed by atoms with Crippen molar-refractivity contribution in [3.63, 3.8) is 0 Å².